The Hall–Kier alpha value is -3.20. The molecule has 3 aromatic rings. The fraction of sp³-hybridized carbons (Fsp3) is 0.381. The molecular weight excluding hydrogens is 389 g/mol. The van der Waals surface area contributed by atoms with Gasteiger partial charge in [0.25, 0.3) is 5.91 Å². The number of amides is 1. The summed E-state index contributed by atoms with van der Waals surface area (Å²) in [6, 6.07) is 7.25. The minimum absolute atomic E-state index is 0.0580. The average molecular weight is 415 g/mol. The normalized spacial score (nSPS) is 12.8. The molecular formula is C21H26FN5O3. The van der Waals surface area contributed by atoms with Crippen LogP contribution in [0.1, 0.15) is 38.1 Å². The monoisotopic (exact) mass is 415 g/mol. The Kier molecular flexibility index (Phi) is 6.21. The summed E-state index contributed by atoms with van der Waals surface area (Å²) in [6.07, 6.45) is 1.21. The van der Waals surface area contributed by atoms with Crippen LogP contribution in [0, 0.1) is 0 Å². The number of halogens is 1. The van der Waals surface area contributed by atoms with Crippen LogP contribution in [0.15, 0.2) is 41.3 Å². The number of aromatic nitrogens is 2. The molecule has 1 atom stereocenters. The van der Waals surface area contributed by atoms with E-state index >= 15 is 0 Å². The van der Waals surface area contributed by atoms with Crippen molar-refractivity contribution in [2.24, 2.45) is 0 Å². The highest BCUT2D eigenvalue weighted by atomic mass is 19.1. The number of nitrogens with one attached hydrogen (secondary N) is 3. The van der Waals surface area contributed by atoms with E-state index in [0.29, 0.717) is 17.1 Å². The van der Waals surface area contributed by atoms with Crippen molar-refractivity contribution in [1.29, 1.82) is 0 Å². The van der Waals surface area contributed by atoms with Gasteiger partial charge >= 0.3 is 0 Å². The maximum atomic E-state index is 14.0. The fourth-order valence-electron chi connectivity index (χ4n) is 2.74. The molecule has 0 bridgehead atoms. The summed E-state index contributed by atoms with van der Waals surface area (Å²) >= 11 is 0. The van der Waals surface area contributed by atoms with Gasteiger partial charge in [0, 0.05) is 30.1 Å². The lowest BCUT2D eigenvalue weighted by Crippen LogP contribution is -2.42. The van der Waals surface area contributed by atoms with Crippen LogP contribution in [0.2, 0.25) is 0 Å². The molecule has 3 rings (SSSR count). The van der Waals surface area contributed by atoms with Crippen LogP contribution in [-0.4, -0.2) is 45.3 Å². The van der Waals surface area contributed by atoms with Crippen LogP contribution in [0.5, 0.6) is 0 Å². The van der Waals surface area contributed by atoms with Gasteiger partial charge in [-0.05, 0) is 39.8 Å². The molecule has 0 aliphatic heterocycles. The lowest BCUT2D eigenvalue weighted by molar-refractivity contribution is -0.00177. The summed E-state index contributed by atoms with van der Waals surface area (Å²) in [6.45, 7) is 6.29. The molecule has 0 radical (unpaired) electrons. The number of alkyl halides is 1. The molecule has 1 amide bonds. The zero-order chi connectivity index (χ0) is 21.9. The first-order valence-electron chi connectivity index (χ1n) is 9.65. The van der Waals surface area contributed by atoms with Crippen molar-refractivity contribution in [3.05, 3.63) is 42.4 Å². The number of nitrogens with zero attached hydrogens (tertiary/aromatic N) is 2. The largest absolute Gasteiger partial charge is 0.443 e. The van der Waals surface area contributed by atoms with E-state index in [4.69, 9.17) is 4.42 Å². The number of aliphatic hydroxyl groups is 1. The number of benzene rings is 1. The lowest BCUT2D eigenvalue weighted by atomic mass is 10.0. The Morgan fingerprint density at radius 3 is 2.73 bits per heavy atom. The number of hydrogen-bond donors (Lipinski definition) is 4. The highest BCUT2D eigenvalue weighted by Crippen LogP contribution is 2.25. The molecule has 0 unspecified atom stereocenters. The molecule has 160 valence electrons. The number of carbonyl (C=O) groups excluding carboxylic acids is 1. The third-order valence-corrected chi connectivity index (χ3v) is 4.40. The number of hydrogen-bond acceptors (Lipinski definition) is 7. The Morgan fingerprint density at radius 2 is 2.03 bits per heavy atom. The van der Waals surface area contributed by atoms with E-state index in [1.165, 1.54) is 26.4 Å². The highest BCUT2D eigenvalue weighted by molar-refractivity contribution is 6.00. The Morgan fingerprint density at radius 1 is 1.27 bits per heavy atom. The van der Waals surface area contributed by atoms with Crippen molar-refractivity contribution in [1.82, 2.24) is 15.3 Å². The van der Waals surface area contributed by atoms with Crippen LogP contribution in [0.4, 0.5) is 21.6 Å². The average Bonchev–Trinajstić information content (AvgIpc) is 3.12. The number of carbonyl (C=O) groups is 1. The zero-order valence-electron chi connectivity index (χ0n) is 17.4. The zero-order valence-corrected chi connectivity index (χ0v) is 17.4. The lowest BCUT2D eigenvalue weighted by Gasteiger charge is -2.23. The third-order valence-electron chi connectivity index (χ3n) is 4.40. The summed E-state index contributed by atoms with van der Waals surface area (Å²) in [4.78, 5) is 21.0. The maximum absolute atomic E-state index is 14.0. The SMILES string of the molecule is CC(C)Nc1cc(Nc2ccc3ncoc3c2)ncc1C(=O)NC[C@@H](F)C(C)(C)O. The van der Waals surface area contributed by atoms with Gasteiger partial charge in [0.2, 0.25) is 0 Å². The van der Waals surface area contributed by atoms with Gasteiger partial charge in [-0.15, -0.1) is 0 Å². The summed E-state index contributed by atoms with van der Waals surface area (Å²) in [5.41, 5.74) is 1.44. The first kappa shape index (κ1) is 21.5. The molecule has 0 aliphatic carbocycles. The van der Waals surface area contributed by atoms with Crippen molar-refractivity contribution in [3.8, 4) is 0 Å². The van der Waals surface area contributed by atoms with Gasteiger partial charge in [-0.25, -0.2) is 14.4 Å². The molecule has 0 spiro atoms. The number of pyridine rings is 1. The summed E-state index contributed by atoms with van der Waals surface area (Å²) in [5.74, 6) is 0.0422. The van der Waals surface area contributed by atoms with Gasteiger partial charge in [0.1, 0.15) is 17.5 Å². The standard InChI is InChI=1S/C21H26FN5O3/c1-12(2)26-16-8-19(27-13-5-6-15-17(7-13)30-11-25-15)23-9-14(16)20(28)24-10-18(22)21(3,4)29/h5-9,11-12,18,29H,10H2,1-4H3,(H,24,28)(H2,23,26,27)/t18-/m1/s1. The van der Waals surface area contributed by atoms with E-state index in [-0.39, 0.29) is 18.2 Å². The van der Waals surface area contributed by atoms with Gasteiger partial charge in [-0.1, -0.05) is 0 Å². The van der Waals surface area contributed by atoms with Gasteiger partial charge in [0.05, 0.1) is 23.4 Å². The van der Waals surface area contributed by atoms with E-state index in [0.717, 1.165) is 11.2 Å². The third kappa shape index (κ3) is 5.24. The predicted octanol–water partition coefficient (Wildman–Crippen LogP) is 3.63. The Labute approximate surface area is 173 Å². The molecule has 0 saturated heterocycles. The van der Waals surface area contributed by atoms with Crippen molar-refractivity contribution in [2.75, 3.05) is 17.2 Å². The number of oxazole rings is 1. The second-order valence-corrected chi connectivity index (χ2v) is 7.91. The first-order chi connectivity index (χ1) is 14.1. The molecule has 2 heterocycles. The van der Waals surface area contributed by atoms with Crippen LogP contribution < -0.4 is 16.0 Å². The molecule has 0 saturated carbocycles. The molecule has 2 aromatic heterocycles. The summed E-state index contributed by atoms with van der Waals surface area (Å²) in [7, 11) is 0. The molecule has 0 aliphatic rings. The molecule has 30 heavy (non-hydrogen) atoms. The minimum Gasteiger partial charge on any atom is -0.443 e. The van der Waals surface area contributed by atoms with Crippen LogP contribution >= 0.6 is 0 Å². The summed E-state index contributed by atoms with van der Waals surface area (Å²) in [5, 5.41) is 18.6. The minimum atomic E-state index is -1.59. The van der Waals surface area contributed by atoms with Gasteiger partial charge < -0.3 is 25.5 Å². The van der Waals surface area contributed by atoms with E-state index < -0.39 is 17.7 Å². The number of fused-ring (bicyclic) bond motifs is 1. The van der Waals surface area contributed by atoms with Gasteiger partial charge in [-0.2, -0.15) is 0 Å². The van der Waals surface area contributed by atoms with Crippen molar-refractivity contribution in [3.63, 3.8) is 0 Å². The first-order valence-corrected chi connectivity index (χ1v) is 9.65. The number of anilines is 3. The molecule has 0 fully saturated rings. The van der Waals surface area contributed by atoms with Gasteiger partial charge in [-0.3, -0.25) is 4.79 Å². The second-order valence-electron chi connectivity index (χ2n) is 7.91. The van der Waals surface area contributed by atoms with E-state index in [9.17, 15) is 14.3 Å². The van der Waals surface area contributed by atoms with Crippen LogP contribution in [0.25, 0.3) is 11.1 Å². The van der Waals surface area contributed by atoms with Gasteiger partial charge in [0.15, 0.2) is 12.0 Å². The number of rotatable bonds is 8. The van der Waals surface area contributed by atoms with Crippen molar-refractivity contribution in [2.45, 2.75) is 45.5 Å². The van der Waals surface area contributed by atoms with Crippen molar-refractivity contribution >= 4 is 34.2 Å². The van der Waals surface area contributed by atoms with Crippen LogP contribution in [0.3, 0.4) is 0 Å². The topological polar surface area (TPSA) is 112 Å². The maximum Gasteiger partial charge on any atom is 0.255 e. The van der Waals surface area contributed by atoms with E-state index in [1.807, 2.05) is 26.0 Å². The second kappa shape index (κ2) is 8.66. The molecule has 9 heteroatoms. The molecule has 1 aromatic carbocycles. The molecule has 8 nitrogen and oxygen atoms in total. The Bertz CT molecular complexity index is 1030. The predicted molar refractivity (Wildman–Crippen MR) is 114 cm³/mol. The van der Waals surface area contributed by atoms with Crippen LogP contribution in [-0.2, 0) is 0 Å². The Balaban J connectivity index is 1.79. The quantitative estimate of drug-likeness (QED) is 0.444. The summed E-state index contributed by atoms with van der Waals surface area (Å²) < 4.78 is 19.3. The molecule has 4 N–H and O–H groups in total. The highest BCUT2D eigenvalue weighted by Gasteiger charge is 2.27. The fourth-order valence-corrected chi connectivity index (χ4v) is 2.74. The van der Waals surface area contributed by atoms with E-state index in [2.05, 4.69) is 25.9 Å². The van der Waals surface area contributed by atoms with Crippen molar-refractivity contribution < 1.29 is 18.7 Å². The van der Waals surface area contributed by atoms with E-state index in [1.54, 1.807) is 12.1 Å². The smallest absolute Gasteiger partial charge is 0.255 e.